The van der Waals surface area contributed by atoms with Gasteiger partial charge in [-0.2, -0.15) is 0 Å². The van der Waals surface area contributed by atoms with Crippen molar-refractivity contribution in [3.63, 3.8) is 0 Å². The van der Waals surface area contributed by atoms with Crippen molar-refractivity contribution in [2.45, 2.75) is 37.7 Å². The molecule has 0 bridgehead atoms. The van der Waals surface area contributed by atoms with E-state index >= 15 is 0 Å². The van der Waals surface area contributed by atoms with Crippen LogP contribution < -0.4 is 0 Å². The maximum absolute atomic E-state index is 10.6. The van der Waals surface area contributed by atoms with E-state index in [0.717, 1.165) is 35.7 Å². The average molecular weight is 290 g/mol. The molecule has 0 amide bonds. The van der Waals surface area contributed by atoms with Gasteiger partial charge in [0, 0.05) is 4.47 Å². The molecule has 1 fully saturated rings. The van der Waals surface area contributed by atoms with E-state index in [0.29, 0.717) is 5.02 Å². The van der Waals surface area contributed by atoms with Crippen molar-refractivity contribution in [1.29, 1.82) is 0 Å². The highest BCUT2D eigenvalue weighted by atomic mass is 79.9. The highest BCUT2D eigenvalue weighted by Crippen LogP contribution is 2.41. The summed E-state index contributed by atoms with van der Waals surface area (Å²) in [5.74, 6) is 0. The molecule has 1 aromatic rings. The van der Waals surface area contributed by atoms with Crippen molar-refractivity contribution in [2.75, 3.05) is 0 Å². The minimum absolute atomic E-state index is 0.673. The zero-order valence-corrected chi connectivity index (χ0v) is 10.8. The molecule has 15 heavy (non-hydrogen) atoms. The van der Waals surface area contributed by atoms with Crippen LogP contribution in [0.1, 0.15) is 37.7 Å². The van der Waals surface area contributed by atoms with Crippen LogP contribution in [0.4, 0.5) is 0 Å². The van der Waals surface area contributed by atoms with Gasteiger partial charge in [0.05, 0.1) is 10.6 Å². The van der Waals surface area contributed by atoms with Gasteiger partial charge < -0.3 is 5.11 Å². The standard InChI is InChI=1S/C12H14BrClO/c13-11-9(5-4-6-10(11)14)12(15)7-2-1-3-8-12/h4-6,15H,1-3,7-8H2. The Kier molecular flexibility index (Phi) is 3.39. The van der Waals surface area contributed by atoms with Crippen LogP contribution in [-0.2, 0) is 5.60 Å². The Morgan fingerprint density at radius 3 is 2.53 bits per heavy atom. The summed E-state index contributed by atoms with van der Waals surface area (Å²) in [5, 5.41) is 11.2. The van der Waals surface area contributed by atoms with Crippen molar-refractivity contribution >= 4 is 27.5 Å². The molecule has 0 spiro atoms. The molecule has 2 rings (SSSR count). The molecule has 0 aromatic heterocycles. The molecule has 82 valence electrons. The fraction of sp³-hybridized carbons (Fsp3) is 0.500. The fourth-order valence-corrected chi connectivity index (χ4v) is 3.08. The van der Waals surface area contributed by atoms with Crippen molar-refractivity contribution in [3.05, 3.63) is 33.3 Å². The normalized spacial score (nSPS) is 20.2. The van der Waals surface area contributed by atoms with Crippen LogP contribution in [0.2, 0.25) is 5.02 Å². The first-order valence-electron chi connectivity index (χ1n) is 5.30. The summed E-state index contributed by atoms with van der Waals surface area (Å²) in [6.07, 6.45) is 5.09. The first-order chi connectivity index (χ1) is 7.13. The molecule has 1 N–H and O–H groups in total. The fourth-order valence-electron chi connectivity index (χ4n) is 2.27. The predicted molar refractivity (Wildman–Crippen MR) is 66.1 cm³/mol. The third-order valence-corrected chi connectivity index (χ3v) is 4.53. The van der Waals surface area contributed by atoms with E-state index in [9.17, 15) is 5.11 Å². The Morgan fingerprint density at radius 1 is 1.20 bits per heavy atom. The van der Waals surface area contributed by atoms with Gasteiger partial charge in [0.2, 0.25) is 0 Å². The summed E-state index contributed by atoms with van der Waals surface area (Å²) in [6.45, 7) is 0. The van der Waals surface area contributed by atoms with Gasteiger partial charge in [-0.15, -0.1) is 0 Å². The highest BCUT2D eigenvalue weighted by molar-refractivity contribution is 9.10. The Hall–Kier alpha value is -0.0500. The Labute approximate surface area is 104 Å². The number of benzene rings is 1. The van der Waals surface area contributed by atoms with Crippen molar-refractivity contribution in [2.24, 2.45) is 0 Å². The van der Waals surface area contributed by atoms with E-state index in [1.807, 2.05) is 18.2 Å². The van der Waals surface area contributed by atoms with Gasteiger partial charge in [-0.3, -0.25) is 0 Å². The lowest BCUT2D eigenvalue weighted by Crippen LogP contribution is -2.28. The summed E-state index contributed by atoms with van der Waals surface area (Å²) >= 11 is 9.50. The molecule has 0 radical (unpaired) electrons. The topological polar surface area (TPSA) is 20.2 Å². The van der Waals surface area contributed by atoms with Gasteiger partial charge in [-0.05, 0) is 40.4 Å². The Bertz CT molecular complexity index is 359. The van der Waals surface area contributed by atoms with Gasteiger partial charge >= 0.3 is 0 Å². The van der Waals surface area contributed by atoms with Crippen LogP contribution in [0, 0.1) is 0 Å². The van der Waals surface area contributed by atoms with Gasteiger partial charge in [0.15, 0.2) is 0 Å². The van der Waals surface area contributed by atoms with Gasteiger partial charge in [-0.25, -0.2) is 0 Å². The summed E-state index contributed by atoms with van der Waals surface area (Å²) < 4.78 is 0.844. The van der Waals surface area contributed by atoms with E-state index in [1.165, 1.54) is 6.42 Å². The molecule has 0 saturated heterocycles. The quantitative estimate of drug-likeness (QED) is 0.819. The van der Waals surface area contributed by atoms with Crippen LogP contribution in [0.25, 0.3) is 0 Å². The molecule has 1 aliphatic carbocycles. The summed E-state index contributed by atoms with van der Waals surface area (Å²) in [4.78, 5) is 0. The van der Waals surface area contributed by atoms with Crippen LogP contribution in [-0.4, -0.2) is 5.11 Å². The summed E-state index contributed by atoms with van der Waals surface area (Å²) in [7, 11) is 0. The zero-order valence-electron chi connectivity index (χ0n) is 8.47. The van der Waals surface area contributed by atoms with Crippen molar-refractivity contribution < 1.29 is 5.11 Å². The molecule has 0 heterocycles. The number of hydrogen-bond acceptors (Lipinski definition) is 1. The number of halogens is 2. The van der Waals surface area contributed by atoms with E-state index in [-0.39, 0.29) is 0 Å². The number of rotatable bonds is 1. The van der Waals surface area contributed by atoms with Crippen LogP contribution >= 0.6 is 27.5 Å². The summed E-state index contributed by atoms with van der Waals surface area (Å²) in [6, 6.07) is 5.69. The average Bonchev–Trinajstić information content (AvgIpc) is 2.23. The molecule has 0 atom stereocenters. The molecule has 1 aliphatic rings. The van der Waals surface area contributed by atoms with Crippen molar-refractivity contribution in [3.8, 4) is 0 Å². The second-order valence-corrected chi connectivity index (χ2v) is 5.39. The lowest BCUT2D eigenvalue weighted by atomic mass is 9.80. The lowest BCUT2D eigenvalue weighted by molar-refractivity contribution is -0.00127. The molecule has 3 heteroatoms. The second-order valence-electron chi connectivity index (χ2n) is 4.19. The highest BCUT2D eigenvalue weighted by Gasteiger charge is 2.33. The third kappa shape index (κ3) is 2.22. The van der Waals surface area contributed by atoms with Gasteiger partial charge in [0.1, 0.15) is 0 Å². The van der Waals surface area contributed by atoms with Crippen LogP contribution in [0.5, 0.6) is 0 Å². The maximum atomic E-state index is 10.6. The van der Waals surface area contributed by atoms with Crippen LogP contribution in [0.15, 0.2) is 22.7 Å². The molecular weight excluding hydrogens is 275 g/mol. The van der Waals surface area contributed by atoms with E-state index in [4.69, 9.17) is 11.6 Å². The second kappa shape index (κ2) is 4.44. The molecule has 1 saturated carbocycles. The molecular formula is C12H14BrClO. The van der Waals surface area contributed by atoms with Crippen molar-refractivity contribution in [1.82, 2.24) is 0 Å². The van der Waals surface area contributed by atoms with Gasteiger partial charge in [0.25, 0.3) is 0 Å². The van der Waals surface area contributed by atoms with E-state index < -0.39 is 5.60 Å². The smallest absolute Gasteiger partial charge is 0.0908 e. The first-order valence-corrected chi connectivity index (χ1v) is 6.47. The molecule has 1 nitrogen and oxygen atoms in total. The Morgan fingerprint density at radius 2 is 1.87 bits per heavy atom. The Balaban J connectivity index is 2.39. The third-order valence-electron chi connectivity index (χ3n) is 3.13. The van der Waals surface area contributed by atoms with E-state index in [1.54, 1.807) is 0 Å². The lowest BCUT2D eigenvalue weighted by Gasteiger charge is -2.33. The SMILES string of the molecule is OC1(c2cccc(Cl)c2Br)CCCCC1. The molecule has 0 unspecified atom stereocenters. The minimum atomic E-state index is -0.679. The predicted octanol–water partition coefficient (Wildman–Crippen LogP) is 4.25. The van der Waals surface area contributed by atoms with Crippen LogP contribution in [0.3, 0.4) is 0 Å². The largest absolute Gasteiger partial charge is 0.385 e. The minimum Gasteiger partial charge on any atom is -0.385 e. The first kappa shape index (κ1) is 11.4. The maximum Gasteiger partial charge on any atom is 0.0908 e. The van der Waals surface area contributed by atoms with Gasteiger partial charge in [-0.1, -0.05) is 43.0 Å². The number of aliphatic hydroxyl groups is 1. The summed E-state index contributed by atoms with van der Waals surface area (Å²) in [5.41, 5.74) is 0.261. The zero-order chi connectivity index (χ0) is 10.9. The molecule has 1 aromatic carbocycles. The van der Waals surface area contributed by atoms with E-state index in [2.05, 4.69) is 15.9 Å². The molecule has 0 aliphatic heterocycles. The monoisotopic (exact) mass is 288 g/mol. The number of hydrogen-bond donors (Lipinski definition) is 1.